The zero-order valence-corrected chi connectivity index (χ0v) is 16.6. The standard InChI is InChI=1S/C18H25N3O6S/c1-26-10-2-7-19-18(23)13-5-8-21(9-6-13)28(24,25)14-3-4-16-15(11-14)20-17(22)12-27-16/h3-4,11,13H,2,5-10,12H2,1H3,(H,19,23)(H,20,22). The number of nitrogens with one attached hydrogen (secondary N) is 2. The molecule has 1 fully saturated rings. The maximum absolute atomic E-state index is 12.9. The van der Waals surface area contributed by atoms with Crippen molar-refractivity contribution in [3.63, 3.8) is 0 Å². The molecule has 3 rings (SSSR count). The summed E-state index contributed by atoms with van der Waals surface area (Å²) in [6, 6.07) is 4.43. The summed E-state index contributed by atoms with van der Waals surface area (Å²) in [6.07, 6.45) is 1.69. The molecule has 0 aliphatic carbocycles. The van der Waals surface area contributed by atoms with Crippen LogP contribution < -0.4 is 15.4 Å². The summed E-state index contributed by atoms with van der Waals surface area (Å²) in [5.41, 5.74) is 0.350. The van der Waals surface area contributed by atoms with E-state index in [1.165, 1.54) is 16.4 Å². The molecule has 0 unspecified atom stereocenters. The van der Waals surface area contributed by atoms with Gasteiger partial charge in [0.25, 0.3) is 5.91 Å². The first kappa shape index (κ1) is 20.6. The Hall–Kier alpha value is -2.17. The Labute approximate surface area is 164 Å². The number of anilines is 1. The second-order valence-corrected chi connectivity index (χ2v) is 8.75. The lowest BCUT2D eigenvalue weighted by Crippen LogP contribution is -2.43. The molecule has 28 heavy (non-hydrogen) atoms. The van der Waals surface area contributed by atoms with Gasteiger partial charge in [0.15, 0.2) is 6.61 Å². The summed E-state index contributed by atoms with van der Waals surface area (Å²) in [7, 11) is -2.10. The summed E-state index contributed by atoms with van der Waals surface area (Å²) in [5, 5.41) is 5.49. The fourth-order valence-corrected chi connectivity index (χ4v) is 4.80. The van der Waals surface area contributed by atoms with Crippen molar-refractivity contribution in [3.05, 3.63) is 18.2 Å². The smallest absolute Gasteiger partial charge is 0.262 e. The minimum absolute atomic E-state index is 0.0400. The van der Waals surface area contributed by atoms with Gasteiger partial charge in [-0.2, -0.15) is 4.31 Å². The van der Waals surface area contributed by atoms with E-state index in [-0.39, 0.29) is 42.3 Å². The molecule has 9 nitrogen and oxygen atoms in total. The van der Waals surface area contributed by atoms with E-state index >= 15 is 0 Å². The lowest BCUT2D eigenvalue weighted by Gasteiger charge is -2.31. The third-order valence-corrected chi connectivity index (χ3v) is 6.77. The van der Waals surface area contributed by atoms with Gasteiger partial charge in [0.1, 0.15) is 5.75 Å². The van der Waals surface area contributed by atoms with Crippen molar-refractivity contribution < 1.29 is 27.5 Å². The van der Waals surface area contributed by atoms with Crippen LogP contribution in [-0.2, 0) is 24.3 Å². The highest BCUT2D eigenvalue weighted by molar-refractivity contribution is 7.89. The molecule has 0 bridgehead atoms. The van der Waals surface area contributed by atoms with Crippen molar-refractivity contribution in [3.8, 4) is 5.75 Å². The monoisotopic (exact) mass is 411 g/mol. The van der Waals surface area contributed by atoms with Crippen LogP contribution in [0.3, 0.4) is 0 Å². The molecule has 2 N–H and O–H groups in total. The van der Waals surface area contributed by atoms with Crippen LogP contribution in [-0.4, -0.2) is 64.5 Å². The van der Waals surface area contributed by atoms with Gasteiger partial charge in [-0.3, -0.25) is 9.59 Å². The van der Waals surface area contributed by atoms with Crippen LogP contribution in [0.2, 0.25) is 0 Å². The second-order valence-electron chi connectivity index (χ2n) is 6.81. The van der Waals surface area contributed by atoms with Crippen molar-refractivity contribution in [1.82, 2.24) is 9.62 Å². The molecule has 2 amide bonds. The molecule has 10 heteroatoms. The number of nitrogens with zero attached hydrogens (tertiary/aromatic N) is 1. The number of sulfonamides is 1. The van der Waals surface area contributed by atoms with Gasteiger partial charge in [-0.05, 0) is 37.5 Å². The molecule has 0 radical (unpaired) electrons. The van der Waals surface area contributed by atoms with E-state index in [4.69, 9.17) is 9.47 Å². The molecule has 1 aromatic rings. The van der Waals surface area contributed by atoms with Gasteiger partial charge in [0.2, 0.25) is 15.9 Å². The minimum atomic E-state index is -3.71. The Kier molecular flexibility index (Phi) is 6.53. The molecule has 0 saturated carbocycles. The van der Waals surface area contributed by atoms with E-state index in [0.717, 1.165) is 6.42 Å². The zero-order chi connectivity index (χ0) is 20.1. The predicted octanol–water partition coefficient (Wildman–Crippen LogP) is 0.571. The van der Waals surface area contributed by atoms with E-state index in [2.05, 4.69) is 10.6 Å². The first-order valence-electron chi connectivity index (χ1n) is 9.25. The number of ether oxygens (including phenoxy) is 2. The largest absolute Gasteiger partial charge is 0.482 e. The highest BCUT2D eigenvalue weighted by Gasteiger charge is 2.32. The third-order valence-electron chi connectivity index (χ3n) is 4.87. The zero-order valence-electron chi connectivity index (χ0n) is 15.8. The summed E-state index contributed by atoms with van der Waals surface area (Å²) in [6.45, 7) is 1.61. The lowest BCUT2D eigenvalue weighted by molar-refractivity contribution is -0.126. The Balaban J connectivity index is 1.60. The molecular formula is C18H25N3O6S. The van der Waals surface area contributed by atoms with Gasteiger partial charge in [0.05, 0.1) is 10.6 Å². The van der Waals surface area contributed by atoms with Crippen molar-refractivity contribution >= 4 is 27.5 Å². The summed E-state index contributed by atoms with van der Waals surface area (Å²) < 4.78 is 37.5. The van der Waals surface area contributed by atoms with Gasteiger partial charge in [-0.25, -0.2) is 8.42 Å². The predicted molar refractivity (Wildman–Crippen MR) is 102 cm³/mol. The number of carbonyl (C=O) groups excluding carboxylic acids is 2. The first-order valence-corrected chi connectivity index (χ1v) is 10.7. The molecule has 1 saturated heterocycles. The van der Waals surface area contributed by atoms with E-state index < -0.39 is 10.0 Å². The fourth-order valence-electron chi connectivity index (χ4n) is 3.30. The molecule has 2 heterocycles. The average molecular weight is 411 g/mol. The third kappa shape index (κ3) is 4.62. The quantitative estimate of drug-likeness (QED) is 0.634. The van der Waals surface area contributed by atoms with Crippen LogP contribution in [0.4, 0.5) is 5.69 Å². The van der Waals surface area contributed by atoms with Gasteiger partial charge >= 0.3 is 0 Å². The Bertz CT molecular complexity index is 834. The van der Waals surface area contributed by atoms with Crippen LogP contribution in [0.5, 0.6) is 5.75 Å². The number of amides is 2. The van der Waals surface area contributed by atoms with Gasteiger partial charge in [0, 0.05) is 39.3 Å². The van der Waals surface area contributed by atoms with Crippen LogP contribution in [0.1, 0.15) is 19.3 Å². The summed E-state index contributed by atoms with van der Waals surface area (Å²) in [5.74, 6) is -0.103. The number of piperidine rings is 1. The number of methoxy groups -OCH3 is 1. The van der Waals surface area contributed by atoms with Crippen molar-refractivity contribution in [1.29, 1.82) is 0 Å². The van der Waals surface area contributed by atoms with Gasteiger partial charge in [-0.1, -0.05) is 0 Å². The molecule has 2 aliphatic heterocycles. The van der Waals surface area contributed by atoms with Crippen LogP contribution in [0.15, 0.2) is 23.1 Å². The van der Waals surface area contributed by atoms with Crippen molar-refractivity contribution in [2.75, 3.05) is 45.3 Å². The number of hydrogen-bond acceptors (Lipinski definition) is 6. The maximum atomic E-state index is 12.9. The van der Waals surface area contributed by atoms with Gasteiger partial charge in [-0.15, -0.1) is 0 Å². The number of benzene rings is 1. The summed E-state index contributed by atoms with van der Waals surface area (Å²) in [4.78, 5) is 23.8. The molecule has 0 aromatic heterocycles. The van der Waals surface area contributed by atoms with E-state index in [1.807, 2.05) is 0 Å². The summed E-state index contributed by atoms with van der Waals surface area (Å²) >= 11 is 0. The first-order chi connectivity index (χ1) is 13.4. The topological polar surface area (TPSA) is 114 Å². The Morgan fingerprint density at radius 2 is 2.11 bits per heavy atom. The fraction of sp³-hybridized carbons (Fsp3) is 0.556. The molecule has 0 spiro atoms. The molecular weight excluding hydrogens is 386 g/mol. The van der Waals surface area contributed by atoms with E-state index in [0.29, 0.717) is 37.4 Å². The highest BCUT2D eigenvalue weighted by atomic mass is 32.2. The highest BCUT2D eigenvalue weighted by Crippen LogP contribution is 2.32. The average Bonchev–Trinajstić information content (AvgIpc) is 2.70. The van der Waals surface area contributed by atoms with Gasteiger partial charge < -0.3 is 20.1 Å². The minimum Gasteiger partial charge on any atom is -0.482 e. The molecule has 1 aromatic carbocycles. The van der Waals surface area contributed by atoms with Crippen LogP contribution in [0, 0.1) is 5.92 Å². The molecule has 0 atom stereocenters. The number of hydrogen-bond donors (Lipinski definition) is 2. The van der Waals surface area contributed by atoms with Crippen LogP contribution in [0.25, 0.3) is 0 Å². The maximum Gasteiger partial charge on any atom is 0.262 e. The molecule has 2 aliphatic rings. The van der Waals surface area contributed by atoms with Crippen LogP contribution >= 0.6 is 0 Å². The number of rotatable bonds is 7. The lowest BCUT2D eigenvalue weighted by atomic mass is 9.97. The second kappa shape index (κ2) is 8.89. The Morgan fingerprint density at radius 1 is 1.36 bits per heavy atom. The van der Waals surface area contributed by atoms with E-state index in [9.17, 15) is 18.0 Å². The van der Waals surface area contributed by atoms with Crippen molar-refractivity contribution in [2.24, 2.45) is 5.92 Å². The number of carbonyl (C=O) groups is 2. The Morgan fingerprint density at radius 3 is 2.82 bits per heavy atom. The van der Waals surface area contributed by atoms with E-state index in [1.54, 1.807) is 13.2 Å². The normalized spacial score (nSPS) is 18.1. The SMILES string of the molecule is COCCCNC(=O)C1CCN(S(=O)(=O)c2ccc3c(c2)NC(=O)CO3)CC1. The van der Waals surface area contributed by atoms with Crippen molar-refractivity contribution in [2.45, 2.75) is 24.2 Å². The number of fused-ring (bicyclic) bond motifs is 1. The molecule has 154 valence electrons.